The zero-order valence-corrected chi connectivity index (χ0v) is 17.9. The van der Waals surface area contributed by atoms with E-state index in [-0.39, 0.29) is 24.1 Å². The Morgan fingerprint density at radius 1 is 1.35 bits per heavy atom. The normalized spacial score (nSPS) is 19.0. The Morgan fingerprint density at radius 3 is 3.13 bits per heavy atom. The van der Waals surface area contributed by atoms with Gasteiger partial charge in [-0.3, -0.25) is 9.36 Å². The number of rotatable bonds is 5. The van der Waals surface area contributed by atoms with Crippen molar-refractivity contribution in [3.05, 3.63) is 63.2 Å². The van der Waals surface area contributed by atoms with Crippen molar-refractivity contribution < 1.29 is 9.26 Å². The lowest BCUT2D eigenvalue weighted by molar-refractivity contribution is 0.110. The molecule has 158 valence electrons. The minimum absolute atomic E-state index is 0.0143. The number of hydrogen-bond donors (Lipinski definition) is 0. The summed E-state index contributed by atoms with van der Waals surface area (Å²) in [6.07, 6.45) is 3.81. The van der Waals surface area contributed by atoms with Gasteiger partial charge >= 0.3 is 0 Å². The maximum atomic E-state index is 12.5. The molecule has 1 saturated heterocycles. The highest BCUT2D eigenvalue weighted by molar-refractivity contribution is 7.16. The van der Waals surface area contributed by atoms with Gasteiger partial charge in [0.05, 0.1) is 34.0 Å². The topological polar surface area (TPSA) is 108 Å². The van der Waals surface area contributed by atoms with Crippen LogP contribution in [-0.2, 0) is 11.3 Å². The Bertz CT molecular complexity index is 1320. The van der Waals surface area contributed by atoms with Crippen LogP contribution in [0.3, 0.4) is 0 Å². The molecule has 1 aliphatic rings. The number of thiazole rings is 1. The molecule has 0 bridgehead atoms. The first-order valence-electron chi connectivity index (χ1n) is 9.94. The summed E-state index contributed by atoms with van der Waals surface area (Å²) in [5.74, 6) is 1.42. The molecule has 0 radical (unpaired) electrons. The van der Waals surface area contributed by atoms with E-state index in [4.69, 9.17) is 9.26 Å². The van der Waals surface area contributed by atoms with E-state index in [0.29, 0.717) is 29.7 Å². The number of ether oxygens (including phenoxy) is 1. The van der Waals surface area contributed by atoms with Crippen LogP contribution in [0.4, 0.5) is 5.82 Å². The molecule has 0 N–H and O–H groups in total. The van der Waals surface area contributed by atoms with Crippen LogP contribution in [0.2, 0.25) is 0 Å². The highest BCUT2D eigenvalue weighted by atomic mass is 32.1. The van der Waals surface area contributed by atoms with E-state index >= 15 is 0 Å². The number of aliphatic imine (C=N–C) groups is 1. The van der Waals surface area contributed by atoms with Crippen LogP contribution in [0.5, 0.6) is 0 Å². The standard InChI is InChI=1S/C21H20N6O3S/c1-3-22-19-12(2)21(28)27(10-23-19)8-18-25-20(26-30-18)14-6-16(29-9-14)13-4-5-15-17(7-13)31-11-24-15/h3-5,7,10-11,14,16H,6,8-9H2,1-2H3/b22-3-/t14-,16+/m0/s1. The third-order valence-electron chi connectivity index (χ3n) is 5.37. The maximum Gasteiger partial charge on any atom is 0.258 e. The molecule has 3 aromatic heterocycles. The lowest BCUT2D eigenvalue weighted by Gasteiger charge is -2.09. The van der Waals surface area contributed by atoms with Gasteiger partial charge in [-0.25, -0.2) is 15.0 Å². The molecule has 1 fully saturated rings. The second kappa shape index (κ2) is 8.12. The van der Waals surface area contributed by atoms with E-state index in [1.165, 1.54) is 10.9 Å². The quantitative estimate of drug-likeness (QED) is 0.440. The molecule has 4 heterocycles. The van der Waals surface area contributed by atoms with Crippen molar-refractivity contribution in [3.63, 3.8) is 0 Å². The summed E-state index contributed by atoms with van der Waals surface area (Å²) in [7, 11) is 0. The molecule has 31 heavy (non-hydrogen) atoms. The first-order valence-corrected chi connectivity index (χ1v) is 10.8. The van der Waals surface area contributed by atoms with Crippen molar-refractivity contribution in [1.29, 1.82) is 0 Å². The summed E-state index contributed by atoms with van der Waals surface area (Å²) in [5, 5.41) is 4.13. The van der Waals surface area contributed by atoms with Gasteiger partial charge in [-0.1, -0.05) is 11.2 Å². The highest BCUT2D eigenvalue weighted by Gasteiger charge is 2.31. The Labute approximate surface area is 181 Å². The molecule has 1 aliphatic heterocycles. The number of fused-ring (bicyclic) bond motifs is 1. The van der Waals surface area contributed by atoms with Gasteiger partial charge < -0.3 is 9.26 Å². The Hall–Kier alpha value is -3.24. The van der Waals surface area contributed by atoms with E-state index in [1.54, 1.807) is 31.4 Å². The molecule has 0 spiro atoms. The van der Waals surface area contributed by atoms with Crippen LogP contribution in [-0.4, -0.2) is 37.5 Å². The summed E-state index contributed by atoms with van der Waals surface area (Å²) in [6, 6.07) is 6.22. The fraction of sp³-hybridized carbons (Fsp3) is 0.333. The molecule has 1 aromatic carbocycles. The number of hydrogen-bond acceptors (Lipinski definition) is 9. The molecular weight excluding hydrogens is 416 g/mol. The van der Waals surface area contributed by atoms with Gasteiger partial charge in [0.15, 0.2) is 11.6 Å². The average molecular weight is 436 g/mol. The molecule has 0 aliphatic carbocycles. The van der Waals surface area contributed by atoms with Gasteiger partial charge in [-0.15, -0.1) is 11.3 Å². The van der Waals surface area contributed by atoms with Crippen LogP contribution in [0.1, 0.15) is 48.2 Å². The van der Waals surface area contributed by atoms with E-state index in [2.05, 4.69) is 37.2 Å². The summed E-state index contributed by atoms with van der Waals surface area (Å²) >= 11 is 1.62. The van der Waals surface area contributed by atoms with Crippen molar-refractivity contribution in [2.24, 2.45) is 4.99 Å². The summed E-state index contributed by atoms with van der Waals surface area (Å²) in [5.41, 5.74) is 4.27. The second-order valence-corrected chi connectivity index (χ2v) is 8.28. The van der Waals surface area contributed by atoms with E-state index in [0.717, 1.165) is 22.2 Å². The monoisotopic (exact) mass is 436 g/mol. The molecule has 0 amide bonds. The fourth-order valence-corrected chi connectivity index (χ4v) is 4.43. The lowest BCUT2D eigenvalue weighted by atomic mass is 10.00. The van der Waals surface area contributed by atoms with Gasteiger partial charge in [0.25, 0.3) is 5.56 Å². The van der Waals surface area contributed by atoms with Gasteiger partial charge in [0, 0.05) is 12.1 Å². The third-order valence-corrected chi connectivity index (χ3v) is 6.16. The average Bonchev–Trinajstić information content (AvgIpc) is 3.53. The van der Waals surface area contributed by atoms with Crippen molar-refractivity contribution in [1.82, 2.24) is 24.7 Å². The second-order valence-electron chi connectivity index (χ2n) is 7.39. The number of nitrogens with zero attached hydrogens (tertiary/aromatic N) is 6. The number of aromatic nitrogens is 5. The third kappa shape index (κ3) is 3.79. The molecule has 2 atom stereocenters. The van der Waals surface area contributed by atoms with Crippen LogP contribution in [0.15, 0.2) is 44.3 Å². The first kappa shape index (κ1) is 19.7. The molecule has 10 heteroatoms. The Morgan fingerprint density at radius 2 is 2.26 bits per heavy atom. The minimum atomic E-state index is -0.182. The van der Waals surface area contributed by atoms with Crippen LogP contribution < -0.4 is 5.56 Å². The minimum Gasteiger partial charge on any atom is -0.373 e. The van der Waals surface area contributed by atoms with E-state index in [9.17, 15) is 4.79 Å². The molecule has 9 nitrogen and oxygen atoms in total. The molecule has 4 aromatic rings. The van der Waals surface area contributed by atoms with Crippen molar-refractivity contribution in [2.75, 3.05) is 6.61 Å². The predicted molar refractivity (Wildman–Crippen MR) is 116 cm³/mol. The van der Waals surface area contributed by atoms with Crippen molar-refractivity contribution in [3.8, 4) is 0 Å². The molecule has 5 rings (SSSR count). The Kier molecular flexibility index (Phi) is 5.16. The smallest absolute Gasteiger partial charge is 0.258 e. The van der Waals surface area contributed by atoms with Gasteiger partial charge in [-0.05, 0) is 38.0 Å². The van der Waals surface area contributed by atoms with Crippen molar-refractivity contribution >= 4 is 33.6 Å². The zero-order chi connectivity index (χ0) is 21.4. The van der Waals surface area contributed by atoms with Gasteiger partial charge in [0.1, 0.15) is 12.9 Å². The van der Waals surface area contributed by atoms with Crippen molar-refractivity contribution in [2.45, 2.75) is 38.8 Å². The Balaban J connectivity index is 1.30. The van der Waals surface area contributed by atoms with E-state index < -0.39 is 0 Å². The zero-order valence-electron chi connectivity index (χ0n) is 17.1. The largest absolute Gasteiger partial charge is 0.373 e. The molecule has 0 saturated carbocycles. The molecular formula is C21H20N6O3S. The molecule has 0 unspecified atom stereocenters. The SMILES string of the molecule is C/C=N\c1ncn(Cc2nc([C@@H]3CO[C@@H](c4ccc5ncsc5c4)C3)no2)c(=O)c1C. The highest BCUT2D eigenvalue weighted by Crippen LogP contribution is 2.38. The maximum absolute atomic E-state index is 12.5. The summed E-state index contributed by atoms with van der Waals surface area (Å²) in [6.45, 7) is 4.16. The van der Waals surface area contributed by atoms with E-state index in [1.807, 2.05) is 11.6 Å². The predicted octanol–water partition coefficient (Wildman–Crippen LogP) is 3.56. The summed E-state index contributed by atoms with van der Waals surface area (Å²) < 4.78 is 14.0. The van der Waals surface area contributed by atoms with Gasteiger partial charge in [-0.2, -0.15) is 4.98 Å². The first-order chi connectivity index (χ1) is 15.1. The van der Waals surface area contributed by atoms with Crippen LogP contribution in [0, 0.1) is 6.92 Å². The fourth-order valence-electron chi connectivity index (χ4n) is 3.70. The lowest BCUT2D eigenvalue weighted by Crippen LogP contribution is -2.23. The number of benzene rings is 1. The van der Waals surface area contributed by atoms with Gasteiger partial charge in [0.2, 0.25) is 5.89 Å². The summed E-state index contributed by atoms with van der Waals surface area (Å²) in [4.78, 5) is 29.7. The van der Waals surface area contributed by atoms with Crippen LogP contribution >= 0.6 is 11.3 Å². The van der Waals surface area contributed by atoms with Crippen LogP contribution in [0.25, 0.3) is 10.2 Å².